The molecule has 5 nitrogen and oxygen atoms in total. The van der Waals surface area contributed by atoms with Crippen LogP contribution >= 0.6 is 0 Å². The van der Waals surface area contributed by atoms with Crippen molar-refractivity contribution in [2.45, 2.75) is 90.3 Å². The smallest absolute Gasteiger partial charge is 0.460 e. The quantitative estimate of drug-likeness (QED) is 0.0640. The minimum atomic E-state index is -7.43. The van der Waals surface area contributed by atoms with Crippen molar-refractivity contribution in [2.24, 2.45) is 0 Å². The second-order valence-electron chi connectivity index (χ2n) is 12.8. The Bertz CT molecular complexity index is 1600. The summed E-state index contributed by atoms with van der Waals surface area (Å²) < 4.78 is 146. The lowest BCUT2D eigenvalue weighted by molar-refractivity contribution is -0.382. The number of halogens is 9. The number of hydrogen-bond acceptors (Lipinski definition) is 5. The van der Waals surface area contributed by atoms with Crippen molar-refractivity contribution in [3.05, 3.63) is 96.8 Å². The molecule has 0 fully saturated rings. The molecule has 278 valence electrons. The highest BCUT2D eigenvalue weighted by Gasteiger charge is 2.83. The standard InChI is InChI=1S/C30H37O2S.C4HF9O3S/c1-8-31-21-22-32-25-13-19-28(20-14-25)33(26-15-9-23(10-16-26)29(2,3)4)27-17-11-24(12-18-27)30(5,6)7;5-1(6,3(9,10)11)2(7,8)4(12,13)17(14,15)16/h8-20H,1,21-22H2,2-7H3;(H,14,15,16)/q+1;/p-1. The summed E-state index contributed by atoms with van der Waals surface area (Å²) in [5.74, 6) is -14.0. The van der Waals surface area contributed by atoms with Gasteiger partial charge in [0.2, 0.25) is 0 Å². The highest BCUT2D eigenvalue weighted by molar-refractivity contribution is 7.97. The summed E-state index contributed by atoms with van der Waals surface area (Å²) >= 11 is 0. The van der Waals surface area contributed by atoms with Gasteiger partial charge in [-0.1, -0.05) is 72.4 Å². The van der Waals surface area contributed by atoms with Crippen LogP contribution in [-0.4, -0.2) is 49.5 Å². The first-order chi connectivity index (χ1) is 22.6. The molecule has 0 bridgehead atoms. The van der Waals surface area contributed by atoms with Gasteiger partial charge in [0.15, 0.2) is 24.8 Å². The minimum Gasteiger partial charge on any atom is -0.743 e. The fourth-order valence-corrected chi connectivity index (χ4v) is 6.55. The molecule has 0 heterocycles. The molecule has 0 saturated heterocycles. The van der Waals surface area contributed by atoms with E-state index in [1.807, 2.05) is 0 Å². The Morgan fingerprint density at radius 1 is 0.640 bits per heavy atom. The molecular formula is C34H37F9O5S2. The zero-order valence-corrected chi connectivity index (χ0v) is 29.5. The minimum absolute atomic E-state index is 0.139. The summed E-state index contributed by atoms with van der Waals surface area (Å²) in [7, 11) is -7.61. The monoisotopic (exact) mass is 760 g/mol. The first-order valence-corrected chi connectivity index (χ1v) is 17.3. The van der Waals surface area contributed by atoms with Crippen molar-refractivity contribution in [3.63, 3.8) is 0 Å². The van der Waals surface area contributed by atoms with Gasteiger partial charge >= 0.3 is 23.3 Å². The topological polar surface area (TPSA) is 75.7 Å². The van der Waals surface area contributed by atoms with Gasteiger partial charge in [-0.2, -0.15) is 39.5 Å². The molecule has 0 N–H and O–H groups in total. The van der Waals surface area contributed by atoms with Crippen LogP contribution in [0.5, 0.6) is 5.75 Å². The van der Waals surface area contributed by atoms with Crippen molar-refractivity contribution < 1.29 is 62.0 Å². The summed E-state index contributed by atoms with van der Waals surface area (Å²) in [6.45, 7) is 18.1. The van der Waals surface area contributed by atoms with Crippen molar-refractivity contribution in [3.8, 4) is 5.75 Å². The Labute approximate surface area is 288 Å². The molecule has 0 unspecified atom stereocenters. The second-order valence-corrected chi connectivity index (χ2v) is 16.3. The van der Waals surface area contributed by atoms with E-state index in [1.165, 1.54) is 32.1 Å². The molecule has 0 amide bonds. The Hall–Kier alpha value is -3.37. The highest BCUT2D eigenvalue weighted by atomic mass is 32.2. The van der Waals surface area contributed by atoms with E-state index >= 15 is 0 Å². The van der Waals surface area contributed by atoms with Crippen LogP contribution in [0.2, 0.25) is 0 Å². The van der Waals surface area contributed by atoms with Crippen LogP contribution in [0, 0.1) is 0 Å². The number of alkyl halides is 9. The van der Waals surface area contributed by atoms with Gasteiger partial charge < -0.3 is 14.0 Å². The molecule has 0 spiro atoms. The van der Waals surface area contributed by atoms with E-state index in [4.69, 9.17) is 9.47 Å². The van der Waals surface area contributed by atoms with Crippen LogP contribution in [-0.2, 0) is 36.6 Å². The van der Waals surface area contributed by atoms with Crippen LogP contribution in [0.1, 0.15) is 52.7 Å². The maximum absolute atomic E-state index is 12.2. The van der Waals surface area contributed by atoms with Crippen LogP contribution in [0.4, 0.5) is 39.5 Å². The summed E-state index contributed by atoms with van der Waals surface area (Å²) in [5, 5.41) is -7.11. The maximum Gasteiger partial charge on any atom is 0.460 e. The van der Waals surface area contributed by atoms with Gasteiger partial charge in [-0.25, -0.2) is 8.42 Å². The molecule has 0 aliphatic heterocycles. The Balaban J connectivity index is 0.000000432. The lowest BCUT2D eigenvalue weighted by atomic mass is 9.87. The maximum atomic E-state index is 12.2. The zero-order valence-electron chi connectivity index (χ0n) is 27.9. The molecule has 3 aromatic rings. The molecule has 0 radical (unpaired) electrons. The third-order valence-corrected chi connectivity index (χ3v) is 10.1. The summed E-state index contributed by atoms with van der Waals surface area (Å²) in [6, 6.07) is 26.7. The first kappa shape index (κ1) is 42.8. The van der Waals surface area contributed by atoms with Crippen molar-refractivity contribution in [1.82, 2.24) is 0 Å². The average molecular weight is 761 g/mol. The number of hydrogen-bond donors (Lipinski definition) is 0. The van der Waals surface area contributed by atoms with E-state index < -0.39 is 33.4 Å². The molecular weight excluding hydrogens is 723 g/mol. The van der Waals surface area contributed by atoms with Gasteiger partial charge in [0, 0.05) is 0 Å². The largest absolute Gasteiger partial charge is 0.743 e. The van der Waals surface area contributed by atoms with Crippen molar-refractivity contribution in [1.29, 1.82) is 0 Å². The SMILES string of the molecule is C=COCCOc1ccc([S+](c2ccc(C(C)(C)C)cc2)c2ccc(C(C)(C)C)cc2)cc1.O=S(=O)([O-])C(F)(F)C(F)(F)C(F)(F)C(F)(F)F. The predicted molar refractivity (Wildman–Crippen MR) is 171 cm³/mol. The van der Waals surface area contributed by atoms with Gasteiger partial charge in [0.05, 0.1) is 17.2 Å². The number of benzene rings is 3. The second kappa shape index (κ2) is 15.5. The van der Waals surface area contributed by atoms with E-state index in [0.717, 1.165) is 5.75 Å². The highest BCUT2D eigenvalue weighted by Crippen LogP contribution is 2.54. The van der Waals surface area contributed by atoms with Crippen molar-refractivity contribution >= 4 is 21.0 Å². The Morgan fingerprint density at radius 3 is 1.30 bits per heavy atom. The molecule has 0 atom stereocenters. The average Bonchev–Trinajstić information content (AvgIpc) is 2.99. The molecule has 0 aliphatic rings. The Kier molecular flexibility index (Phi) is 13.2. The van der Waals surface area contributed by atoms with E-state index in [9.17, 15) is 52.5 Å². The van der Waals surface area contributed by atoms with E-state index in [1.54, 1.807) is 0 Å². The molecule has 0 aliphatic carbocycles. The van der Waals surface area contributed by atoms with Crippen molar-refractivity contribution in [2.75, 3.05) is 13.2 Å². The molecule has 3 rings (SSSR count). The number of rotatable bonds is 11. The van der Waals surface area contributed by atoms with E-state index in [0.29, 0.717) is 13.2 Å². The fraction of sp³-hybridized carbons (Fsp3) is 0.412. The van der Waals surface area contributed by atoms with E-state index in [-0.39, 0.29) is 21.7 Å². The Morgan fingerprint density at radius 2 is 1.00 bits per heavy atom. The molecule has 0 aromatic heterocycles. The van der Waals surface area contributed by atoms with Crippen LogP contribution in [0.25, 0.3) is 0 Å². The molecule has 16 heteroatoms. The van der Waals surface area contributed by atoms with Crippen LogP contribution < -0.4 is 4.74 Å². The third-order valence-electron chi connectivity index (χ3n) is 6.99. The summed E-state index contributed by atoms with van der Waals surface area (Å²) in [4.78, 5) is 3.91. The summed E-state index contributed by atoms with van der Waals surface area (Å²) in [5.41, 5.74) is 2.98. The lowest BCUT2D eigenvalue weighted by Crippen LogP contribution is -2.63. The molecule has 50 heavy (non-hydrogen) atoms. The normalized spacial score (nSPS) is 13.4. The third kappa shape index (κ3) is 9.90. The van der Waals surface area contributed by atoms with Gasteiger partial charge in [-0.3, -0.25) is 0 Å². The molecule has 3 aromatic carbocycles. The fourth-order valence-electron chi connectivity index (χ4n) is 4.07. The van der Waals surface area contributed by atoms with E-state index in [2.05, 4.69) is 121 Å². The first-order valence-electron chi connectivity index (χ1n) is 14.7. The van der Waals surface area contributed by atoms with Crippen LogP contribution in [0.15, 0.2) is 100 Å². The van der Waals surface area contributed by atoms with Gasteiger partial charge in [0.1, 0.15) is 19.0 Å². The lowest BCUT2D eigenvalue weighted by Gasteiger charge is -2.34. The summed E-state index contributed by atoms with van der Waals surface area (Å²) in [6.07, 6.45) is -5.72. The predicted octanol–water partition coefficient (Wildman–Crippen LogP) is 9.87. The van der Waals surface area contributed by atoms with Gasteiger partial charge in [-0.15, -0.1) is 0 Å². The van der Waals surface area contributed by atoms with Gasteiger partial charge in [0.25, 0.3) is 0 Å². The zero-order chi connectivity index (χ0) is 38.6. The van der Waals surface area contributed by atoms with Crippen LogP contribution in [0.3, 0.4) is 0 Å². The number of ether oxygens (including phenoxy) is 2. The molecule has 0 saturated carbocycles. The van der Waals surface area contributed by atoms with Gasteiger partial charge in [-0.05, 0) is 70.5 Å².